The molecule has 0 saturated carbocycles. The Morgan fingerprint density at radius 3 is 2.62 bits per heavy atom. The average molecular weight is 247 g/mol. The van der Waals surface area contributed by atoms with E-state index in [9.17, 15) is 4.79 Å². The standard InChI is InChI=1S/C12H25NO2S/c1-4-16-6-5-15-12(14)8-11(9-13)7-10(2)3/h10-11H,4-9,13H2,1-3H3/t11-/m0/s1. The summed E-state index contributed by atoms with van der Waals surface area (Å²) in [7, 11) is 0. The summed E-state index contributed by atoms with van der Waals surface area (Å²) in [6, 6.07) is 0. The highest BCUT2D eigenvalue weighted by Crippen LogP contribution is 2.14. The van der Waals surface area contributed by atoms with E-state index in [-0.39, 0.29) is 11.9 Å². The van der Waals surface area contributed by atoms with Gasteiger partial charge in [0.05, 0.1) is 0 Å². The maximum absolute atomic E-state index is 11.5. The maximum Gasteiger partial charge on any atom is 0.306 e. The number of nitrogens with two attached hydrogens (primary N) is 1. The van der Waals surface area contributed by atoms with Crippen molar-refractivity contribution in [3.05, 3.63) is 0 Å². The van der Waals surface area contributed by atoms with Crippen LogP contribution in [-0.2, 0) is 9.53 Å². The lowest BCUT2D eigenvalue weighted by Gasteiger charge is -2.15. The predicted molar refractivity (Wildman–Crippen MR) is 70.6 cm³/mol. The molecule has 0 amide bonds. The van der Waals surface area contributed by atoms with Crippen molar-refractivity contribution in [2.75, 3.05) is 24.7 Å². The molecular weight excluding hydrogens is 222 g/mol. The van der Waals surface area contributed by atoms with Gasteiger partial charge in [-0.2, -0.15) is 11.8 Å². The molecule has 0 aliphatic carbocycles. The third-order valence-corrected chi connectivity index (χ3v) is 3.15. The number of thioether (sulfide) groups is 1. The second kappa shape index (κ2) is 9.97. The zero-order chi connectivity index (χ0) is 12.4. The molecule has 0 bridgehead atoms. The molecule has 0 aromatic carbocycles. The molecule has 0 saturated heterocycles. The SMILES string of the molecule is CCSCCOC(=O)C[C@@H](CN)CC(C)C. The lowest BCUT2D eigenvalue weighted by molar-refractivity contribution is -0.144. The van der Waals surface area contributed by atoms with Gasteiger partial charge >= 0.3 is 5.97 Å². The molecule has 96 valence electrons. The van der Waals surface area contributed by atoms with E-state index in [0.717, 1.165) is 17.9 Å². The molecule has 3 nitrogen and oxygen atoms in total. The van der Waals surface area contributed by atoms with Gasteiger partial charge in [-0.25, -0.2) is 0 Å². The fourth-order valence-electron chi connectivity index (χ4n) is 1.58. The van der Waals surface area contributed by atoms with Gasteiger partial charge in [0.2, 0.25) is 0 Å². The van der Waals surface area contributed by atoms with E-state index < -0.39 is 0 Å². The van der Waals surface area contributed by atoms with Gasteiger partial charge in [0.1, 0.15) is 6.61 Å². The maximum atomic E-state index is 11.5. The molecule has 0 rings (SSSR count). The van der Waals surface area contributed by atoms with E-state index in [1.807, 2.05) is 0 Å². The number of rotatable bonds is 9. The van der Waals surface area contributed by atoms with Crippen LogP contribution < -0.4 is 5.73 Å². The Kier molecular flexibility index (Phi) is 9.83. The number of ether oxygens (including phenoxy) is 1. The van der Waals surface area contributed by atoms with Crippen molar-refractivity contribution >= 4 is 17.7 Å². The lowest BCUT2D eigenvalue weighted by Crippen LogP contribution is -2.21. The normalized spacial score (nSPS) is 12.8. The lowest BCUT2D eigenvalue weighted by atomic mass is 9.94. The Bertz CT molecular complexity index is 186. The van der Waals surface area contributed by atoms with E-state index in [1.54, 1.807) is 11.8 Å². The molecule has 0 spiro atoms. The van der Waals surface area contributed by atoms with Crippen molar-refractivity contribution in [1.82, 2.24) is 0 Å². The van der Waals surface area contributed by atoms with Crippen LogP contribution in [-0.4, -0.2) is 30.6 Å². The van der Waals surface area contributed by atoms with Gasteiger partial charge in [-0.3, -0.25) is 4.79 Å². The Labute approximate surface area is 103 Å². The zero-order valence-corrected chi connectivity index (χ0v) is 11.5. The minimum absolute atomic E-state index is 0.104. The summed E-state index contributed by atoms with van der Waals surface area (Å²) in [4.78, 5) is 11.5. The molecule has 0 unspecified atom stereocenters. The summed E-state index contributed by atoms with van der Waals surface area (Å²) in [5.74, 6) is 2.70. The zero-order valence-electron chi connectivity index (χ0n) is 10.7. The summed E-state index contributed by atoms with van der Waals surface area (Å²) in [5, 5.41) is 0. The summed E-state index contributed by atoms with van der Waals surface area (Å²) < 4.78 is 5.14. The third kappa shape index (κ3) is 9.04. The molecule has 0 aliphatic rings. The van der Waals surface area contributed by atoms with Crippen molar-refractivity contribution in [3.63, 3.8) is 0 Å². The van der Waals surface area contributed by atoms with Crippen LogP contribution >= 0.6 is 11.8 Å². The van der Waals surface area contributed by atoms with E-state index >= 15 is 0 Å². The van der Waals surface area contributed by atoms with Gasteiger partial charge in [-0.1, -0.05) is 20.8 Å². The number of carbonyl (C=O) groups is 1. The first-order valence-corrected chi connectivity index (χ1v) is 7.19. The minimum Gasteiger partial charge on any atom is -0.465 e. The second-order valence-electron chi connectivity index (χ2n) is 4.35. The highest BCUT2D eigenvalue weighted by Gasteiger charge is 2.14. The van der Waals surface area contributed by atoms with E-state index in [0.29, 0.717) is 25.5 Å². The molecule has 0 radical (unpaired) electrons. The van der Waals surface area contributed by atoms with Crippen molar-refractivity contribution < 1.29 is 9.53 Å². The first-order chi connectivity index (χ1) is 7.60. The minimum atomic E-state index is -0.104. The molecule has 1 atom stereocenters. The summed E-state index contributed by atoms with van der Waals surface area (Å²) in [5.41, 5.74) is 5.63. The summed E-state index contributed by atoms with van der Waals surface area (Å²) in [6.07, 6.45) is 1.46. The van der Waals surface area contributed by atoms with E-state index in [2.05, 4.69) is 20.8 Å². The van der Waals surface area contributed by atoms with Gasteiger partial charge in [0, 0.05) is 12.2 Å². The fraction of sp³-hybridized carbons (Fsp3) is 0.917. The molecule has 16 heavy (non-hydrogen) atoms. The van der Waals surface area contributed by atoms with Crippen LogP contribution in [0.2, 0.25) is 0 Å². The van der Waals surface area contributed by atoms with E-state index in [4.69, 9.17) is 10.5 Å². The predicted octanol–water partition coefficient (Wildman–Crippen LogP) is 2.29. The van der Waals surface area contributed by atoms with Crippen molar-refractivity contribution in [3.8, 4) is 0 Å². The van der Waals surface area contributed by atoms with Crippen LogP contribution in [0, 0.1) is 11.8 Å². The Morgan fingerprint density at radius 1 is 1.44 bits per heavy atom. The van der Waals surface area contributed by atoms with Crippen LogP contribution in [0.1, 0.15) is 33.6 Å². The van der Waals surface area contributed by atoms with Gasteiger partial charge in [-0.15, -0.1) is 0 Å². The van der Waals surface area contributed by atoms with Crippen LogP contribution in [0.15, 0.2) is 0 Å². The number of hydrogen-bond donors (Lipinski definition) is 1. The first-order valence-electron chi connectivity index (χ1n) is 6.03. The molecule has 0 aliphatic heterocycles. The van der Waals surface area contributed by atoms with Crippen LogP contribution in [0.5, 0.6) is 0 Å². The van der Waals surface area contributed by atoms with Gasteiger partial charge in [-0.05, 0) is 30.6 Å². The summed E-state index contributed by atoms with van der Waals surface area (Å²) >= 11 is 1.78. The highest BCUT2D eigenvalue weighted by atomic mass is 32.2. The van der Waals surface area contributed by atoms with Gasteiger partial charge in [0.25, 0.3) is 0 Å². The largest absolute Gasteiger partial charge is 0.465 e. The number of carbonyl (C=O) groups excluding carboxylic acids is 1. The molecule has 0 fully saturated rings. The summed E-state index contributed by atoms with van der Waals surface area (Å²) in [6.45, 7) is 7.48. The van der Waals surface area contributed by atoms with Crippen LogP contribution in [0.4, 0.5) is 0 Å². The topological polar surface area (TPSA) is 52.3 Å². The quantitative estimate of drug-likeness (QED) is 0.502. The van der Waals surface area contributed by atoms with E-state index in [1.165, 1.54) is 0 Å². The molecule has 0 heterocycles. The number of hydrogen-bond acceptors (Lipinski definition) is 4. The number of esters is 1. The van der Waals surface area contributed by atoms with Crippen molar-refractivity contribution in [1.29, 1.82) is 0 Å². The van der Waals surface area contributed by atoms with Crippen molar-refractivity contribution in [2.45, 2.75) is 33.6 Å². The smallest absolute Gasteiger partial charge is 0.306 e. The van der Waals surface area contributed by atoms with Crippen LogP contribution in [0.3, 0.4) is 0 Å². The fourth-order valence-corrected chi connectivity index (χ4v) is 2.07. The van der Waals surface area contributed by atoms with Crippen molar-refractivity contribution in [2.24, 2.45) is 17.6 Å². The second-order valence-corrected chi connectivity index (χ2v) is 5.75. The molecule has 0 aromatic heterocycles. The van der Waals surface area contributed by atoms with Gasteiger partial charge in [0.15, 0.2) is 0 Å². The average Bonchev–Trinajstić information content (AvgIpc) is 2.23. The Hall–Kier alpha value is -0.220. The van der Waals surface area contributed by atoms with Crippen LogP contribution in [0.25, 0.3) is 0 Å². The van der Waals surface area contributed by atoms with Gasteiger partial charge < -0.3 is 10.5 Å². The molecular formula is C12H25NO2S. The molecule has 0 aromatic rings. The monoisotopic (exact) mass is 247 g/mol. The highest BCUT2D eigenvalue weighted by molar-refractivity contribution is 7.99. The molecule has 4 heteroatoms. The molecule has 2 N–H and O–H groups in total. The Morgan fingerprint density at radius 2 is 2.12 bits per heavy atom. The third-order valence-electron chi connectivity index (χ3n) is 2.29. The first kappa shape index (κ1) is 15.8. The Balaban J connectivity index is 3.66.